The summed E-state index contributed by atoms with van der Waals surface area (Å²) in [6.07, 6.45) is 4.01. The molecule has 5 nitrogen and oxygen atoms in total. The number of guanidine groups is 1. The highest BCUT2D eigenvalue weighted by Crippen LogP contribution is 2.19. The van der Waals surface area contributed by atoms with Crippen molar-refractivity contribution in [2.24, 2.45) is 4.99 Å². The number of hydrogen-bond donors (Lipinski definition) is 2. The minimum atomic E-state index is 0.142. The lowest BCUT2D eigenvalue weighted by Crippen LogP contribution is -2.54. The highest BCUT2D eigenvalue weighted by atomic mass is 15.2. The molecule has 1 aliphatic rings. The lowest BCUT2D eigenvalue weighted by atomic mass is 9.98. The van der Waals surface area contributed by atoms with Crippen LogP contribution in [0.1, 0.15) is 51.2 Å². The molecule has 0 bridgehead atoms. The van der Waals surface area contributed by atoms with Crippen molar-refractivity contribution in [3.8, 4) is 0 Å². The van der Waals surface area contributed by atoms with Crippen LogP contribution in [-0.2, 0) is 13.1 Å². The van der Waals surface area contributed by atoms with Crippen molar-refractivity contribution in [1.82, 2.24) is 20.4 Å². The van der Waals surface area contributed by atoms with Crippen molar-refractivity contribution in [2.45, 2.75) is 58.7 Å². The van der Waals surface area contributed by atoms with Gasteiger partial charge >= 0.3 is 0 Å². The fourth-order valence-electron chi connectivity index (χ4n) is 3.58. The van der Waals surface area contributed by atoms with Crippen LogP contribution >= 0.6 is 0 Å². The Morgan fingerprint density at radius 2 is 1.85 bits per heavy atom. The molecule has 0 saturated carbocycles. The third-order valence-corrected chi connectivity index (χ3v) is 5.57. The molecule has 27 heavy (non-hydrogen) atoms. The molecular formula is C22H39N5. The molecular weight excluding hydrogens is 334 g/mol. The molecule has 5 heteroatoms. The Morgan fingerprint density at radius 1 is 1.15 bits per heavy atom. The number of aliphatic imine (C=N–C) groups is 1. The Hall–Kier alpha value is -1.59. The maximum atomic E-state index is 4.40. The molecule has 0 spiro atoms. The number of nitrogens with one attached hydrogen (secondary N) is 2. The number of nitrogens with zero attached hydrogens (tertiary/aromatic N) is 3. The second kappa shape index (κ2) is 10.7. The van der Waals surface area contributed by atoms with E-state index in [4.69, 9.17) is 0 Å². The van der Waals surface area contributed by atoms with Crippen molar-refractivity contribution in [3.63, 3.8) is 0 Å². The van der Waals surface area contributed by atoms with E-state index in [1.54, 1.807) is 0 Å². The van der Waals surface area contributed by atoms with Crippen LogP contribution in [0.15, 0.2) is 29.3 Å². The van der Waals surface area contributed by atoms with Gasteiger partial charge in [0, 0.05) is 32.2 Å². The van der Waals surface area contributed by atoms with Crippen LogP contribution in [0.2, 0.25) is 0 Å². The summed E-state index contributed by atoms with van der Waals surface area (Å²) in [5.74, 6) is 0.871. The summed E-state index contributed by atoms with van der Waals surface area (Å²) in [6, 6.07) is 8.80. The fourth-order valence-corrected chi connectivity index (χ4v) is 3.58. The third kappa shape index (κ3) is 7.15. The molecule has 0 aliphatic carbocycles. The van der Waals surface area contributed by atoms with Crippen LogP contribution in [0, 0.1) is 0 Å². The first kappa shape index (κ1) is 21.7. The van der Waals surface area contributed by atoms with E-state index in [0.29, 0.717) is 0 Å². The Morgan fingerprint density at radius 3 is 2.52 bits per heavy atom. The lowest BCUT2D eigenvalue weighted by molar-refractivity contribution is 0.0982. The van der Waals surface area contributed by atoms with Crippen molar-refractivity contribution in [3.05, 3.63) is 35.4 Å². The minimum Gasteiger partial charge on any atom is -0.355 e. The van der Waals surface area contributed by atoms with Gasteiger partial charge in [-0.3, -0.25) is 9.89 Å². The van der Waals surface area contributed by atoms with E-state index in [0.717, 1.165) is 32.1 Å². The SMILES string of the molecule is CCN(C)Cc1cccc(CNC(=NC)NCC(C)(C)N2CCCCC2)c1. The topological polar surface area (TPSA) is 42.9 Å². The molecule has 1 heterocycles. The van der Waals surface area contributed by atoms with E-state index >= 15 is 0 Å². The summed E-state index contributed by atoms with van der Waals surface area (Å²) in [5.41, 5.74) is 2.78. The Kier molecular flexibility index (Phi) is 8.58. The van der Waals surface area contributed by atoms with E-state index in [1.807, 2.05) is 7.05 Å². The average molecular weight is 374 g/mol. The van der Waals surface area contributed by atoms with Crippen molar-refractivity contribution < 1.29 is 0 Å². The minimum absolute atomic E-state index is 0.142. The molecule has 2 rings (SSSR count). The van der Waals surface area contributed by atoms with Crippen LogP contribution in [-0.4, -0.2) is 61.6 Å². The first-order valence-electron chi connectivity index (χ1n) is 10.4. The van der Waals surface area contributed by atoms with E-state index in [1.165, 1.54) is 43.5 Å². The second-order valence-electron chi connectivity index (χ2n) is 8.29. The van der Waals surface area contributed by atoms with Gasteiger partial charge in [0.1, 0.15) is 0 Å². The standard InChI is InChI=1S/C22H39N5/c1-6-26(5)17-20-12-10-11-19(15-20)16-24-21(23-4)25-18-22(2,3)27-13-8-7-9-14-27/h10-12,15H,6-9,13-14,16-18H2,1-5H3,(H2,23,24,25). The van der Waals surface area contributed by atoms with Crippen LogP contribution in [0.25, 0.3) is 0 Å². The molecule has 0 unspecified atom stereocenters. The van der Waals surface area contributed by atoms with Gasteiger partial charge in [0.25, 0.3) is 0 Å². The molecule has 0 aromatic heterocycles. The molecule has 0 radical (unpaired) electrons. The predicted molar refractivity (Wildman–Crippen MR) is 116 cm³/mol. The first-order valence-corrected chi connectivity index (χ1v) is 10.4. The Labute approximate surface area is 166 Å². The predicted octanol–water partition coefficient (Wildman–Crippen LogP) is 3.07. The summed E-state index contributed by atoms with van der Waals surface area (Å²) < 4.78 is 0. The average Bonchev–Trinajstić information content (AvgIpc) is 2.69. The third-order valence-electron chi connectivity index (χ3n) is 5.57. The summed E-state index contributed by atoms with van der Waals surface area (Å²) in [5, 5.41) is 6.98. The second-order valence-corrected chi connectivity index (χ2v) is 8.29. The van der Waals surface area contributed by atoms with Crippen molar-refractivity contribution in [1.29, 1.82) is 0 Å². The molecule has 1 fully saturated rings. The summed E-state index contributed by atoms with van der Waals surface area (Å²) in [7, 11) is 4.00. The number of benzene rings is 1. The first-order chi connectivity index (χ1) is 12.9. The number of hydrogen-bond acceptors (Lipinski definition) is 3. The van der Waals surface area contributed by atoms with Crippen molar-refractivity contribution in [2.75, 3.05) is 40.3 Å². The van der Waals surface area contributed by atoms with Gasteiger partial charge in [-0.1, -0.05) is 37.6 Å². The van der Waals surface area contributed by atoms with E-state index < -0.39 is 0 Å². The van der Waals surface area contributed by atoms with Gasteiger partial charge in [0.05, 0.1) is 0 Å². The van der Waals surface area contributed by atoms with Gasteiger partial charge in [0.2, 0.25) is 0 Å². The van der Waals surface area contributed by atoms with Gasteiger partial charge in [-0.2, -0.15) is 0 Å². The van der Waals surface area contributed by atoms with Gasteiger partial charge in [0.15, 0.2) is 5.96 Å². The highest BCUT2D eigenvalue weighted by molar-refractivity contribution is 5.79. The zero-order valence-corrected chi connectivity index (χ0v) is 18.0. The molecule has 1 saturated heterocycles. The van der Waals surface area contributed by atoms with E-state index in [2.05, 4.69) is 77.5 Å². The van der Waals surface area contributed by atoms with Gasteiger partial charge in [-0.05, 0) is 64.5 Å². The van der Waals surface area contributed by atoms with Crippen LogP contribution < -0.4 is 10.6 Å². The van der Waals surface area contributed by atoms with Gasteiger partial charge in [-0.25, -0.2) is 0 Å². The molecule has 152 valence electrons. The molecule has 0 atom stereocenters. The summed E-state index contributed by atoms with van der Waals surface area (Å²) in [4.78, 5) is 9.32. The number of likely N-dealkylation sites (tertiary alicyclic amines) is 1. The van der Waals surface area contributed by atoms with E-state index in [-0.39, 0.29) is 5.54 Å². The highest BCUT2D eigenvalue weighted by Gasteiger charge is 2.27. The monoisotopic (exact) mass is 373 g/mol. The zero-order valence-electron chi connectivity index (χ0n) is 18.0. The number of piperidine rings is 1. The summed E-state index contributed by atoms with van der Waals surface area (Å²) >= 11 is 0. The fraction of sp³-hybridized carbons (Fsp3) is 0.682. The van der Waals surface area contributed by atoms with Crippen molar-refractivity contribution >= 4 is 5.96 Å². The smallest absolute Gasteiger partial charge is 0.191 e. The molecule has 1 aromatic carbocycles. The number of rotatable bonds is 8. The normalized spacial score (nSPS) is 16.6. The molecule has 0 amide bonds. The Balaban J connectivity index is 1.84. The summed E-state index contributed by atoms with van der Waals surface area (Å²) in [6.45, 7) is 13.0. The largest absolute Gasteiger partial charge is 0.355 e. The van der Waals surface area contributed by atoms with E-state index in [9.17, 15) is 0 Å². The molecule has 2 N–H and O–H groups in total. The Bertz CT molecular complexity index is 590. The maximum Gasteiger partial charge on any atom is 0.191 e. The quantitative estimate of drug-likeness (QED) is 0.543. The molecule has 1 aliphatic heterocycles. The van der Waals surface area contributed by atoms with Crippen LogP contribution in [0.3, 0.4) is 0 Å². The van der Waals surface area contributed by atoms with Gasteiger partial charge < -0.3 is 15.5 Å². The maximum absolute atomic E-state index is 4.40. The zero-order chi connectivity index (χ0) is 19.7. The molecule has 1 aromatic rings. The van der Waals surface area contributed by atoms with Crippen LogP contribution in [0.5, 0.6) is 0 Å². The van der Waals surface area contributed by atoms with Gasteiger partial charge in [-0.15, -0.1) is 0 Å². The lowest BCUT2D eigenvalue weighted by Gasteiger charge is -2.41. The van der Waals surface area contributed by atoms with Crippen LogP contribution in [0.4, 0.5) is 0 Å².